The summed E-state index contributed by atoms with van der Waals surface area (Å²) in [5, 5.41) is 0. The van der Waals surface area contributed by atoms with E-state index in [2.05, 4.69) is 19.6 Å². The number of alkyl halides is 1. The average molecular weight is 218 g/mol. The molecule has 0 aromatic rings. The summed E-state index contributed by atoms with van der Waals surface area (Å²) in [6.45, 7) is 6.17. The minimum absolute atomic E-state index is 0.462. The third-order valence-corrected chi connectivity index (χ3v) is 3.50. The van der Waals surface area contributed by atoms with E-state index in [4.69, 9.17) is 4.43 Å². The summed E-state index contributed by atoms with van der Waals surface area (Å²) in [6.07, 6.45) is 2.15. The normalized spacial score (nSPS) is 34.1. The maximum Gasteiger partial charge on any atom is 0.185 e. The molecule has 0 aromatic carbocycles. The van der Waals surface area contributed by atoms with Gasteiger partial charge >= 0.3 is 0 Å². The van der Waals surface area contributed by atoms with Gasteiger partial charge in [0, 0.05) is 0 Å². The van der Waals surface area contributed by atoms with E-state index in [1.807, 2.05) is 0 Å². The molecule has 4 heteroatoms. The summed E-state index contributed by atoms with van der Waals surface area (Å²) >= 11 is 0. The smallest absolute Gasteiger partial charge is 0.185 e. The van der Waals surface area contributed by atoms with Crippen LogP contribution in [0.4, 0.5) is 4.39 Å². The molecule has 0 spiro atoms. The minimum Gasteiger partial charge on any atom is -0.405 e. The van der Waals surface area contributed by atoms with Crippen LogP contribution in [-0.4, -0.2) is 26.4 Å². The molecule has 0 aliphatic heterocycles. The zero-order chi connectivity index (χ0) is 10.8. The molecule has 0 aromatic heterocycles. The molecule has 0 unspecified atom stereocenters. The summed E-state index contributed by atoms with van der Waals surface area (Å²) in [6, 6.07) is 0. The molecule has 2 nitrogen and oxygen atoms in total. The highest BCUT2D eigenvalue weighted by Gasteiger charge is 2.39. The van der Waals surface area contributed by atoms with Crippen LogP contribution in [0.2, 0.25) is 19.6 Å². The Balaban J connectivity index is 2.63. The van der Waals surface area contributed by atoms with Crippen LogP contribution < -0.4 is 0 Å². The Morgan fingerprint density at radius 1 is 1.36 bits per heavy atom. The SMILES string of the molecule is C[Si](C)(C)OC1(C=O)CCC(F)CC1. The molecule has 1 aliphatic rings. The first-order valence-corrected chi connectivity index (χ1v) is 8.58. The number of hydrogen-bond donors (Lipinski definition) is 0. The van der Waals surface area contributed by atoms with Gasteiger partial charge in [-0.3, -0.25) is 0 Å². The van der Waals surface area contributed by atoms with Crippen LogP contribution in [0.5, 0.6) is 0 Å². The van der Waals surface area contributed by atoms with Crippen molar-refractivity contribution < 1.29 is 13.6 Å². The van der Waals surface area contributed by atoms with Gasteiger partial charge in [0.15, 0.2) is 14.6 Å². The van der Waals surface area contributed by atoms with Crippen LogP contribution in [-0.2, 0) is 9.22 Å². The second-order valence-electron chi connectivity index (χ2n) is 5.07. The van der Waals surface area contributed by atoms with Gasteiger partial charge in [-0.25, -0.2) is 4.39 Å². The van der Waals surface area contributed by atoms with Crippen LogP contribution >= 0.6 is 0 Å². The molecule has 0 heterocycles. The number of carbonyl (C=O) groups is 1. The van der Waals surface area contributed by atoms with Gasteiger partial charge in [0.2, 0.25) is 0 Å². The standard InChI is InChI=1S/C10H19FO2Si/c1-14(2,3)13-10(8-12)6-4-9(11)5-7-10/h8-9H,4-7H2,1-3H3. The summed E-state index contributed by atoms with van der Waals surface area (Å²) in [5.74, 6) is 0. The highest BCUT2D eigenvalue weighted by atomic mass is 28.4. The van der Waals surface area contributed by atoms with E-state index in [-0.39, 0.29) is 0 Å². The van der Waals surface area contributed by atoms with Crippen molar-refractivity contribution in [3.05, 3.63) is 0 Å². The van der Waals surface area contributed by atoms with Crippen molar-refractivity contribution in [1.29, 1.82) is 0 Å². The van der Waals surface area contributed by atoms with Crippen molar-refractivity contribution in [3.8, 4) is 0 Å². The lowest BCUT2D eigenvalue weighted by Gasteiger charge is -2.38. The highest BCUT2D eigenvalue weighted by Crippen LogP contribution is 2.33. The Morgan fingerprint density at radius 3 is 2.21 bits per heavy atom. The van der Waals surface area contributed by atoms with Gasteiger partial charge in [-0.2, -0.15) is 0 Å². The molecule has 0 amide bonds. The van der Waals surface area contributed by atoms with E-state index in [9.17, 15) is 9.18 Å². The maximum atomic E-state index is 12.9. The topological polar surface area (TPSA) is 26.3 Å². The van der Waals surface area contributed by atoms with Gasteiger partial charge in [0.05, 0.1) is 0 Å². The Kier molecular flexibility index (Phi) is 3.47. The third kappa shape index (κ3) is 3.17. The summed E-state index contributed by atoms with van der Waals surface area (Å²) in [7, 11) is -1.71. The molecular formula is C10H19FO2Si. The summed E-state index contributed by atoms with van der Waals surface area (Å²) in [4.78, 5) is 11.0. The largest absolute Gasteiger partial charge is 0.405 e. The Hall–Kier alpha value is -0.223. The lowest BCUT2D eigenvalue weighted by Crippen LogP contribution is -2.46. The fourth-order valence-corrected chi connectivity index (χ4v) is 3.40. The van der Waals surface area contributed by atoms with E-state index in [1.54, 1.807) is 0 Å². The first-order valence-electron chi connectivity index (χ1n) is 5.17. The van der Waals surface area contributed by atoms with Gasteiger partial charge in [-0.1, -0.05) is 0 Å². The zero-order valence-electron chi connectivity index (χ0n) is 9.18. The molecule has 1 rings (SSSR count). The van der Waals surface area contributed by atoms with Crippen molar-refractivity contribution >= 4 is 14.6 Å². The van der Waals surface area contributed by atoms with Crippen LogP contribution in [0.3, 0.4) is 0 Å². The van der Waals surface area contributed by atoms with Crippen LogP contribution in [0.25, 0.3) is 0 Å². The molecule has 1 saturated carbocycles. The quantitative estimate of drug-likeness (QED) is 0.538. The van der Waals surface area contributed by atoms with Crippen LogP contribution in [0, 0.1) is 0 Å². The Morgan fingerprint density at radius 2 is 1.86 bits per heavy atom. The van der Waals surface area contributed by atoms with E-state index < -0.39 is 20.1 Å². The predicted octanol–water partition coefficient (Wildman–Crippen LogP) is 2.69. The molecule has 82 valence electrons. The number of rotatable bonds is 3. The second kappa shape index (κ2) is 4.11. The molecule has 1 fully saturated rings. The molecular weight excluding hydrogens is 199 g/mol. The fourth-order valence-electron chi connectivity index (χ4n) is 1.92. The van der Waals surface area contributed by atoms with Gasteiger partial charge in [0.25, 0.3) is 0 Å². The van der Waals surface area contributed by atoms with Crippen molar-refractivity contribution in [1.82, 2.24) is 0 Å². The lowest BCUT2D eigenvalue weighted by molar-refractivity contribution is -0.125. The number of hydrogen-bond acceptors (Lipinski definition) is 2. The van der Waals surface area contributed by atoms with Crippen molar-refractivity contribution in [2.24, 2.45) is 0 Å². The molecule has 0 saturated heterocycles. The van der Waals surface area contributed by atoms with E-state index in [0.717, 1.165) is 6.29 Å². The monoisotopic (exact) mass is 218 g/mol. The molecule has 0 bridgehead atoms. The molecule has 0 radical (unpaired) electrons. The van der Waals surface area contributed by atoms with Crippen molar-refractivity contribution in [2.45, 2.75) is 57.1 Å². The zero-order valence-corrected chi connectivity index (χ0v) is 10.2. The maximum absolute atomic E-state index is 12.9. The lowest BCUT2D eigenvalue weighted by atomic mass is 9.85. The molecule has 0 N–H and O–H groups in total. The van der Waals surface area contributed by atoms with Crippen molar-refractivity contribution in [2.75, 3.05) is 0 Å². The number of carbonyl (C=O) groups excluding carboxylic acids is 1. The van der Waals surface area contributed by atoms with E-state index in [1.165, 1.54) is 0 Å². The molecule has 1 aliphatic carbocycles. The minimum atomic E-state index is -1.71. The molecule has 14 heavy (non-hydrogen) atoms. The van der Waals surface area contributed by atoms with E-state index in [0.29, 0.717) is 25.7 Å². The predicted molar refractivity (Wildman–Crippen MR) is 56.6 cm³/mol. The third-order valence-electron chi connectivity index (χ3n) is 2.49. The van der Waals surface area contributed by atoms with Gasteiger partial charge in [0.1, 0.15) is 11.8 Å². The Bertz CT molecular complexity index is 205. The van der Waals surface area contributed by atoms with E-state index >= 15 is 0 Å². The summed E-state index contributed by atoms with van der Waals surface area (Å²) < 4.78 is 18.8. The van der Waals surface area contributed by atoms with Crippen molar-refractivity contribution in [3.63, 3.8) is 0 Å². The average Bonchev–Trinajstić information content (AvgIpc) is 2.07. The van der Waals surface area contributed by atoms with Crippen LogP contribution in [0.15, 0.2) is 0 Å². The number of aldehydes is 1. The summed E-state index contributed by atoms with van der Waals surface area (Å²) in [5.41, 5.74) is -0.674. The highest BCUT2D eigenvalue weighted by molar-refractivity contribution is 6.70. The van der Waals surface area contributed by atoms with Crippen LogP contribution in [0.1, 0.15) is 25.7 Å². The Labute approximate surface area is 86.0 Å². The van der Waals surface area contributed by atoms with Gasteiger partial charge in [-0.05, 0) is 45.3 Å². The second-order valence-corrected chi connectivity index (χ2v) is 9.50. The van der Waals surface area contributed by atoms with Gasteiger partial charge < -0.3 is 9.22 Å². The molecule has 0 atom stereocenters. The first-order chi connectivity index (χ1) is 6.37. The number of halogens is 1. The van der Waals surface area contributed by atoms with Gasteiger partial charge in [-0.15, -0.1) is 0 Å². The fraction of sp³-hybridized carbons (Fsp3) is 0.900. The first kappa shape index (κ1) is 11.8.